The van der Waals surface area contributed by atoms with Gasteiger partial charge < -0.3 is 4.90 Å². The monoisotopic (exact) mass is 371 g/mol. The van der Waals surface area contributed by atoms with Crippen molar-refractivity contribution in [3.05, 3.63) is 65.0 Å². The van der Waals surface area contributed by atoms with Crippen molar-refractivity contribution >= 4 is 11.3 Å². The second-order valence-corrected chi connectivity index (χ2v) is 6.61. The highest BCUT2D eigenvalue weighted by Crippen LogP contribution is 2.37. The molecule has 0 saturated heterocycles. The second-order valence-electron chi connectivity index (χ2n) is 6.61. The summed E-state index contributed by atoms with van der Waals surface area (Å²) in [5, 5.41) is 8.99. The summed E-state index contributed by atoms with van der Waals surface area (Å²) in [5.74, 6) is 0. The Bertz CT molecular complexity index is 910. The van der Waals surface area contributed by atoms with E-state index in [2.05, 4.69) is 11.1 Å². The predicted octanol–water partition coefficient (Wildman–Crippen LogP) is 5.35. The van der Waals surface area contributed by atoms with E-state index in [1.807, 2.05) is 31.0 Å². The van der Waals surface area contributed by atoms with Crippen LogP contribution < -0.4 is 4.90 Å². The number of anilines is 1. The minimum Gasteiger partial charge on any atom is -0.365 e. The fourth-order valence-electron chi connectivity index (χ4n) is 3.62. The molecular weight excluding hydrogens is 351 g/mol. The summed E-state index contributed by atoms with van der Waals surface area (Å²) in [5.41, 5.74) is 2.65. The Labute approximate surface area is 156 Å². The molecule has 0 spiro atoms. The maximum atomic E-state index is 13.3. The Hall–Kier alpha value is -2.81. The maximum Gasteiger partial charge on any atom is 0.417 e. The van der Waals surface area contributed by atoms with E-state index in [0.29, 0.717) is 12.2 Å². The van der Waals surface area contributed by atoms with Gasteiger partial charge in [0.25, 0.3) is 0 Å². The number of nitrogens with zero attached hydrogens (tertiary/aromatic N) is 3. The number of aryl methyl sites for hydroxylation is 1. The summed E-state index contributed by atoms with van der Waals surface area (Å²) in [7, 11) is 0. The molecule has 1 aliphatic rings. The van der Waals surface area contributed by atoms with Crippen LogP contribution in [0.25, 0.3) is 5.57 Å². The molecule has 1 unspecified atom stereocenters. The van der Waals surface area contributed by atoms with Crippen molar-refractivity contribution in [1.82, 2.24) is 4.98 Å². The molecule has 0 bridgehead atoms. The summed E-state index contributed by atoms with van der Waals surface area (Å²) in [6, 6.07) is 7.54. The highest BCUT2D eigenvalue weighted by atomic mass is 19.4. The van der Waals surface area contributed by atoms with Crippen LogP contribution in [0, 0.1) is 18.3 Å². The lowest BCUT2D eigenvalue weighted by Gasteiger charge is -2.29. The van der Waals surface area contributed by atoms with Gasteiger partial charge in [-0.1, -0.05) is 6.08 Å². The molecule has 1 aromatic carbocycles. The van der Waals surface area contributed by atoms with E-state index in [1.165, 1.54) is 11.6 Å². The number of hydrogen-bond acceptors (Lipinski definition) is 3. The first kappa shape index (κ1) is 19.0. The molecule has 0 aliphatic heterocycles. The number of allylic oxidation sites excluding steroid dienone is 1. The standard InChI is InChI=1S/C21H20F3N3/c1-3-27(18-7-5-16(12-25)20(11-18)21(22,23)24)17-6-4-15(10-17)19-13-26-9-8-14(19)2/h5,7-11,13,17H,3-4,6H2,1-2H3. The summed E-state index contributed by atoms with van der Waals surface area (Å²) < 4.78 is 39.9. The van der Waals surface area contributed by atoms with Gasteiger partial charge in [-0.15, -0.1) is 0 Å². The van der Waals surface area contributed by atoms with Crippen LogP contribution in [0.5, 0.6) is 0 Å². The molecule has 1 aromatic heterocycles. The third kappa shape index (κ3) is 3.82. The van der Waals surface area contributed by atoms with Gasteiger partial charge in [-0.3, -0.25) is 4.98 Å². The van der Waals surface area contributed by atoms with Gasteiger partial charge in [-0.05, 0) is 67.7 Å². The minimum absolute atomic E-state index is 0.0126. The van der Waals surface area contributed by atoms with Crippen molar-refractivity contribution < 1.29 is 13.2 Å². The van der Waals surface area contributed by atoms with Crippen LogP contribution in [0.1, 0.15) is 42.0 Å². The third-order valence-electron chi connectivity index (χ3n) is 4.99. The van der Waals surface area contributed by atoms with Gasteiger partial charge in [-0.25, -0.2) is 0 Å². The molecule has 140 valence electrons. The molecule has 1 aliphatic carbocycles. The molecule has 27 heavy (non-hydrogen) atoms. The van der Waals surface area contributed by atoms with Crippen LogP contribution in [0.4, 0.5) is 18.9 Å². The van der Waals surface area contributed by atoms with Gasteiger partial charge >= 0.3 is 6.18 Å². The van der Waals surface area contributed by atoms with E-state index >= 15 is 0 Å². The largest absolute Gasteiger partial charge is 0.417 e. The van der Waals surface area contributed by atoms with Gasteiger partial charge in [0.05, 0.1) is 17.2 Å². The van der Waals surface area contributed by atoms with E-state index in [4.69, 9.17) is 5.26 Å². The van der Waals surface area contributed by atoms with Gasteiger partial charge in [0, 0.05) is 30.7 Å². The van der Waals surface area contributed by atoms with E-state index in [1.54, 1.807) is 18.3 Å². The molecular formula is C21H20F3N3. The second kappa shape index (κ2) is 7.43. The fraction of sp³-hybridized carbons (Fsp3) is 0.333. The lowest BCUT2D eigenvalue weighted by Crippen LogP contribution is -2.32. The van der Waals surface area contributed by atoms with Crippen molar-refractivity contribution in [2.75, 3.05) is 11.4 Å². The zero-order chi connectivity index (χ0) is 19.6. The summed E-state index contributed by atoms with van der Waals surface area (Å²) in [6.07, 6.45) is 2.85. The first-order valence-corrected chi connectivity index (χ1v) is 8.84. The summed E-state index contributed by atoms with van der Waals surface area (Å²) in [4.78, 5) is 6.14. The summed E-state index contributed by atoms with van der Waals surface area (Å²) >= 11 is 0. The number of rotatable bonds is 4. The Kier molecular flexibility index (Phi) is 5.22. The van der Waals surface area contributed by atoms with Crippen molar-refractivity contribution in [2.24, 2.45) is 0 Å². The predicted molar refractivity (Wildman–Crippen MR) is 99.2 cm³/mol. The van der Waals surface area contributed by atoms with Crippen LogP contribution in [0.15, 0.2) is 42.7 Å². The van der Waals surface area contributed by atoms with Crippen LogP contribution in [-0.2, 0) is 6.18 Å². The van der Waals surface area contributed by atoms with E-state index in [-0.39, 0.29) is 11.6 Å². The summed E-state index contributed by atoms with van der Waals surface area (Å²) in [6.45, 7) is 4.52. The molecule has 0 saturated carbocycles. The molecule has 0 fully saturated rings. The number of aromatic nitrogens is 1. The Balaban J connectivity index is 1.95. The topological polar surface area (TPSA) is 39.9 Å². The van der Waals surface area contributed by atoms with Gasteiger partial charge in [0.2, 0.25) is 0 Å². The first-order valence-electron chi connectivity index (χ1n) is 8.84. The highest BCUT2D eigenvalue weighted by molar-refractivity contribution is 5.71. The van der Waals surface area contributed by atoms with Crippen LogP contribution in [-0.4, -0.2) is 17.6 Å². The van der Waals surface area contributed by atoms with Gasteiger partial charge in [0.15, 0.2) is 0 Å². The van der Waals surface area contributed by atoms with Crippen LogP contribution >= 0.6 is 0 Å². The highest BCUT2D eigenvalue weighted by Gasteiger charge is 2.34. The van der Waals surface area contributed by atoms with Crippen molar-refractivity contribution in [2.45, 2.75) is 38.9 Å². The third-order valence-corrected chi connectivity index (χ3v) is 4.99. The number of alkyl halides is 3. The Morgan fingerprint density at radius 1 is 1.30 bits per heavy atom. The molecule has 1 atom stereocenters. The number of pyridine rings is 1. The van der Waals surface area contributed by atoms with Gasteiger partial charge in [-0.2, -0.15) is 18.4 Å². The number of halogens is 3. The Morgan fingerprint density at radius 2 is 2.07 bits per heavy atom. The molecule has 0 amide bonds. The Morgan fingerprint density at radius 3 is 2.70 bits per heavy atom. The SMILES string of the molecule is CCN(c1ccc(C#N)c(C(F)(F)F)c1)C1C=C(c2cnccc2C)CC1. The zero-order valence-corrected chi connectivity index (χ0v) is 15.2. The molecule has 2 aromatic rings. The van der Waals surface area contributed by atoms with Crippen molar-refractivity contribution in [3.63, 3.8) is 0 Å². The molecule has 3 nitrogen and oxygen atoms in total. The fourth-order valence-corrected chi connectivity index (χ4v) is 3.62. The van der Waals surface area contributed by atoms with E-state index < -0.39 is 11.7 Å². The van der Waals surface area contributed by atoms with Gasteiger partial charge in [0.1, 0.15) is 0 Å². The lowest BCUT2D eigenvalue weighted by atomic mass is 10.0. The molecule has 0 N–H and O–H groups in total. The maximum absolute atomic E-state index is 13.3. The molecule has 6 heteroatoms. The van der Waals surface area contributed by atoms with Crippen LogP contribution in [0.3, 0.4) is 0 Å². The average Bonchev–Trinajstić information content (AvgIpc) is 3.11. The van der Waals surface area contributed by atoms with Crippen LogP contribution in [0.2, 0.25) is 0 Å². The minimum atomic E-state index is -4.55. The number of benzene rings is 1. The molecule has 1 heterocycles. The van der Waals surface area contributed by atoms with E-state index in [9.17, 15) is 13.2 Å². The van der Waals surface area contributed by atoms with Crippen molar-refractivity contribution in [3.8, 4) is 6.07 Å². The normalized spacial score (nSPS) is 16.7. The zero-order valence-electron chi connectivity index (χ0n) is 15.2. The van der Waals surface area contributed by atoms with E-state index in [0.717, 1.165) is 30.0 Å². The lowest BCUT2D eigenvalue weighted by molar-refractivity contribution is -0.137. The number of nitriles is 1. The van der Waals surface area contributed by atoms with Crippen molar-refractivity contribution in [1.29, 1.82) is 5.26 Å². The molecule has 0 radical (unpaired) electrons. The quantitative estimate of drug-likeness (QED) is 0.727. The first-order chi connectivity index (χ1) is 12.8. The number of likely N-dealkylation sites (N-methyl/N-ethyl adjacent to an activating group) is 1. The average molecular weight is 371 g/mol. The smallest absolute Gasteiger partial charge is 0.365 e. The number of hydrogen-bond donors (Lipinski definition) is 0. The molecule has 3 rings (SSSR count).